The number of hydrogen-bond donors (Lipinski definition) is 0. The fraction of sp³-hybridized carbons (Fsp3) is 0.222. The molecule has 0 atom stereocenters. The van der Waals surface area contributed by atoms with E-state index in [1.165, 1.54) is 12.1 Å². The van der Waals surface area contributed by atoms with Gasteiger partial charge in [-0.2, -0.15) is 0 Å². The van der Waals surface area contributed by atoms with Crippen LogP contribution >= 0.6 is 0 Å². The van der Waals surface area contributed by atoms with Gasteiger partial charge in [-0.1, -0.05) is 13.0 Å². The average molecular weight is 336 g/mol. The fourth-order valence-electron chi connectivity index (χ4n) is 3.06. The summed E-state index contributed by atoms with van der Waals surface area (Å²) in [4.78, 5) is 8.99. The molecule has 126 valence electrons. The van der Waals surface area contributed by atoms with Crippen LogP contribution in [0, 0.1) is 12.7 Å². The molecule has 0 N–H and O–H groups in total. The molecule has 1 aromatic carbocycles. The largest absolute Gasteiger partial charge is 0.325 e. The second-order valence-corrected chi connectivity index (χ2v) is 5.92. The third-order valence-electron chi connectivity index (χ3n) is 4.36. The Labute approximate surface area is 144 Å². The molecule has 7 heteroatoms. The smallest absolute Gasteiger partial charge is 0.166 e. The quantitative estimate of drug-likeness (QED) is 0.575. The molecule has 0 saturated heterocycles. The van der Waals surface area contributed by atoms with E-state index in [-0.39, 0.29) is 5.82 Å². The van der Waals surface area contributed by atoms with Gasteiger partial charge in [-0.3, -0.25) is 4.40 Å². The summed E-state index contributed by atoms with van der Waals surface area (Å²) in [6.45, 7) is 4.56. The summed E-state index contributed by atoms with van der Waals surface area (Å²) in [7, 11) is 0. The zero-order valence-corrected chi connectivity index (χ0v) is 14.0. The highest BCUT2D eigenvalue weighted by Gasteiger charge is 2.14. The number of halogens is 1. The van der Waals surface area contributed by atoms with Crippen LogP contribution in [0.15, 0.2) is 43.2 Å². The van der Waals surface area contributed by atoms with Crippen LogP contribution in [-0.4, -0.2) is 29.1 Å². The van der Waals surface area contributed by atoms with Gasteiger partial charge in [0.1, 0.15) is 24.3 Å². The number of fused-ring (bicyclic) bond motifs is 1. The summed E-state index contributed by atoms with van der Waals surface area (Å²) in [5, 5.41) is 8.13. The molecular formula is C18H17FN6. The first-order valence-corrected chi connectivity index (χ1v) is 8.11. The van der Waals surface area contributed by atoms with E-state index in [1.54, 1.807) is 24.9 Å². The standard InChI is InChI=1S/C18H17FN6/c1-3-14-16(21-10-25-11-22-23-18(14)25)9-24-7-6-20-17(24)15-8-13(19)5-4-12(15)2/h4-8,10-11H,3,9H2,1-2H3. The molecule has 0 aliphatic carbocycles. The van der Waals surface area contributed by atoms with Crippen molar-refractivity contribution in [2.45, 2.75) is 26.8 Å². The molecule has 4 aromatic rings. The monoisotopic (exact) mass is 336 g/mol. The maximum absolute atomic E-state index is 13.7. The van der Waals surface area contributed by atoms with Crippen molar-refractivity contribution in [1.29, 1.82) is 0 Å². The number of rotatable bonds is 4. The summed E-state index contributed by atoms with van der Waals surface area (Å²) in [5.41, 5.74) is 4.54. The van der Waals surface area contributed by atoms with E-state index < -0.39 is 0 Å². The third-order valence-corrected chi connectivity index (χ3v) is 4.36. The van der Waals surface area contributed by atoms with E-state index in [9.17, 15) is 4.39 Å². The van der Waals surface area contributed by atoms with Crippen molar-refractivity contribution in [3.05, 3.63) is 65.9 Å². The van der Waals surface area contributed by atoms with Crippen LogP contribution in [0.1, 0.15) is 23.7 Å². The zero-order valence-electron chi connectivity index (χ0n) is 14.0. The minimum atomic E-state index is -0.271. The summed E-state index contributed by atoms with van der Waals surface area (Å²) < 4.78 is 17.5. The first kappa shape index (κ1) is 15.4. The molecule has 0 radical (unpaired) electrons. The predicted molar refractivity (Wildman–Crippen MR) is 91.6 cm³/mol. The van der Waals surface area contributed by atoms with Gasteiger partial charge in [-0.25, -0.2) is 14.4 Å². The molecule has 0 aliphatic heterocycles. The summed E-state index contributed by atoms with van der Waals surface area (Å²) >= 11 is 0. The van der Waals surface area contributed by atoms with Crippen molar-refractivity contribution < 1.29 is 4.39 Å². The van der Waals surface area contributed by atoms with Crippen molar-refractivity contribution in [1.82, 2.24) is 29.1 Å². The van der Waals surface area contributed by atoms with Gasteiger partial charge in [0.25, 0.3) is 0 Å². The molecule has 0 unspecified atom stereocenters. The van der Waals surface area contributed by atoms with Gasteiger partial charge < -0.3 is 4.57 Å². The average Bonchev–Trinajstić information content (AvgIpc) is 3.26. The van der Waals surface area contributed by atoms with E-state index in [0.29, 0.717) is 6.54 Å². The first-order valence-electron chi connectivity index (χ1n) is 8.11. The first-order chi connectivity index (χ1) is 12.2. The van der Waals surface area contributed by atoms with Crippen molar-refractivity contribution in [2.24, 2.45) is 0 Å². The highest BCUT2D eigenvalue weighted by Crippen LogP contribution is 2.24. The Hall–Kier alpha value is -3.09. The van der Waals surface area contributed by atoms with Crippen molar-refractivity contribution in [3.63, 3.8) is 0 Å². The molecule has 0 amide bonds. The number of benzene rings is 1. The Balaban J connectivity index is 1.78. The second kappa shape index (κ2) is 6.08. The van der Waals surface area contributed by atoms with Gasteiger partial charge in [-0.05, 0) is 31.0 Å². The molecule has 6 nitrogen and oxygen atoms in total. The lowest BCUT2D eigenvalue weighted by molar-refractivity contribution is 0.627. The SMILES string of the molecule is CCc1c(Cn2ccnc2-c2cc(F)ccc2C)ncn2cnnc12. The van der Waals surface area contributed by atoms with E-state index in [1.807, 2.05) is 22.1 Å². The Morgan fingerprint density at radius 2 is 2.04 bits per heavy atom. The number of imidazole rings is 1. The van der Waals surface area contributed by atoms with Crippen LogP contribution in [0.25, 0.3) is 17.0 Å². The van der Waals surface area contributed by atoms with Crippen LogP contribution in [0.5, 0.6) is 0 Å². The Kier molecular flexibility index (Phi) is 3.76. The lowest BCUT2D eigenvalue weighted by Crippen LogP contribution is -2.08. The minimum Gasteiger partial charge on any atom is -0.325 e. The molecular weight excluding hydrogens is 319 g/mol. The van der Waals surface area contributed by atoms with Crippen LogP contribution in [0.2, 0.25) is 0 Å². The molecule has 0 aliphatic rings. The van der Waals surface area contributed by atoms with Gasteiger partial charge in [0, 0.05) is 23.5 Å². The van der Waals surface area contributed by atoms with Gasteiger partial charge in [0.15, 0.2) is 5.65 Å². The van der Waals surface area contributed by atoms with Crippen LogP contribution < -0.4 is 0 Å². The van der Waals surface area contributed by atoms with Gasteiger partial charge in [0.05, 0.1) is 12.2 Å². The summed E-state index contributed by atoms with van der Waals surface area (Å²) in [6, 6.07) is 4.74. The van der Waals surface area contributed by atoms with E-state index in [2.05, 4.69) is 27.1 Å². The van der Waals surface area contributed by atoms with Crippen LogP contribution in [-0.2, 0) is 13.0 Å². The second-order valence-electron chi connectivity index (χ2n) is 5.92. The van der Waals surface area contributed by atoms with Crippen LogP contribution in [0.4, 0.5) is 4.39 Å². The lowest BCUT2D eigenvalue weighted by atomic mass is 10.1. The number of hydrogen-bond acceptors (Lipinski definition) is 4. The molecule has 25 heavy (non-hydrogen) atoms. The number of nitrogens with zero attached hydrogens (tertiary/aromatic N) is 6. The zero-order chi connectivity index (χ0) is 17.4. The summed E-state index contributed by atoms with van der Waals surface area (Å²) in [5.74, 6) is 0.453. The van der Waals surface area contributed by atoms with E-state index >= 15 is 0 Å². The Morgan fingerprint density at radius 1 is 1.16 bits per heavy atom. The number of aryl methyl sites for hydroxylation is 2. The predicted octanol–water partition coefficient (Wildman–Crippen LogP) is 3.05. The molecule has 0 bridgehead atoms. The number of aromatic nitrogens is 6. The molecule has 3 aromatic heterocycles. The van der Waals surface area contributed by atoms with E-state index in [4.69, 9.17) is 0 Å². The normalized spacial score (nSPS) is 11.3. The maximum atomic E-state index is 13.7. The molecule has 4 rings (SSSR count). The molecule has 0 fully saturated rings. The van der Waals surface area contributed by atoms with Gasteiger partial charge in [0.2, 0.25) is 0 Å². The lowest BCUT2D eigenvalue weighted by Gasteiger charge is -2.12. The Morgan fingerprint density at radius 3 is 2.88 bits per heavy atom. The Bertz CT molecular complexity index is 1050. The topological polar surface area (TPSA) is 60.9 Å². The molecule has 3 heterocycles. The molecule has 0 spiro atoms. The van der Waals surface area contributed by atoms with E-state index in [0.717, 1.165) is 40.3 Å². The highest BCUT2D eigenvalue weighted by molar-refractivity contribution is 5.60. The minimum absolute atomic E-state index is 0.271. The van der Waals surface area contributed by atoms with Crippen molar-refractivity contribution in [3.8, 4) is 11.4 Å². The fourth-order valence-corrected chi connectivity index (χ4v) is 3.06. The highest BCUT2D eigenvalue weighted by atomic mass is 19.1. The maximum Gasteiger partial charge on any atom is 0.166 e. The van der Waals surface area contributed by atoms with Crippen molar-refractivity contribution in [2.75, 3.05) is 0 Å². The van der Waals surface area contributed by atoms with Crippen LogP contribution in [0.3, 0.4) is 0 Å². The van der Waals surface area contributed by atoms with Gasteiger partial charge in [-0.15, -0.1) is 10.2 Å². The van der Waals surface area contributed by atoms with Crippen molar-refractivity contribution >= 4 is 5.65 Å². The van der Waals surface area contributed by atoms with Gasteiger partial charge >= 0.3 is 0 Å². The molecule has 0 saturated carbocycles. The summed E-state index contributed by atoms with van der Waals surface area (Å²) in [6.07, 6.45) is 7.77. The third kappa shape index (κ3) is 2.67.